The predicted octanol–water partition coefficient (Wildman–Crippen LogP) is 4.96. The molecule has 3 aromatic rings. The number of hydrogen-bond donors (Lipinski definition) is 2. The molecule has 38 heavy (non-hydrogen) atoms. The van der Waals surface area contributed by atoms with Crippen molar-refractivity contribution in [2.24, 2.45) is 0 Å². The first-order valence-electron chi connectivity index (χ1n) is 13.3. The number of rotatable bonds is 9. The van der Waals surface area contributed by atoms with Gasteiger partial charge in [-0.05, 0) is 24.5 Å². The van der Waals surface area contributed by atoms with Gasteiger partial charge >= 0.3 is 0 Å². The molecule has 0 bridgehead atoms. The molecule has 9 heteroatoms. The maximum absolute atomic E-state index is 13.8. The van der Waals surface area contributed by atoms with Crippen LogP contribution in [0.4, 0.5) is 0 Å². The lowest BCUT2D eigenvalue weighted by atomic mass is 9.90. The summed E-state index contributed by atoms with van der Waals surface area (Å²) in [7, 11) is 0. The molecule has 204 valence electrons. The molecule has 2 aromatic heterocycles. The highest BCUT2D eigenvalue weighted by molar-refractivity contribution is 7.13. The summed E-state index contributed by atoms with van der Waals surface area (Å²) in [6.45, 7) is 10.7. The Labute approximate surface area is 228 Å². The van der Waals surface area contributed by atoms with E-state index in [2.05, 4.69) is 22.4 Å². The average Bonchev–Trinajstić information content (AvgIpc) is 3.63. The zero-order valence-electron chi connectivity index (χ0n) is 22.9. The van der Waals surface area contributed by atoms with Crippen LogP contribution in [0.25, 0.3) is 10.4 Å². The van der Waals surface area contributed by atoms with Crippen molar-refractivity contribution in [3.63, 3.8) is 0 Å². The fourth-order valence-corrected chi connectivity index (χ4v) is 5.58. The molecule has 0 spiro atoms. The molecule has 0 radical (unpaired) electrons. The van der Waals surface area contributed by atoms with Gasteiger partial charge < -0.3 is 19.8 Å². The lowest BCUT2D eigenvalue weighted by Gasteiger charge is -2.27. The van der Waals surface area contributed by atoms with Gasteiger partial charge in [0.25, 0.3) is 0 Å². The Hall–Kier alpha value is -3.04. The summed E-state index contributed by atoms with van der Waals surface area (Å²) in [4.78, 5) is 34.0. The van der Waals surface area contributed by atoms with E-state index in [9.17, 15) is 14.7 Å². The summed E-state index contributed by atoms with van der Waals surface area (Å²) < 4.78 is 5.64. The molecule has 1 saturated heterocycles. The van der Waals surface area contributed by atoms with Crippen molar-refractivity contribution in [3.05, 3.63) is 58.6 Å². The van der Waals surface area contributed by atoms with Gasteiger partial charge in [-0.15, -0.1) is 11.3 Å². The molecule has 0 aliphatic carbocycles. The lowest BCUT2D eigenvalue weighted by molar-refractivity contribution is -0.140. The second-order valence-electron chi connectivity index (χ2n) is 11.1. The number of benzene rings is 1. The molecule has 3 unspecified atom stereocenters. The summed E-state index contributed by atoms with van der Waals surface area (Å²) in [6.07, 6.45) is 1.83. The van der Waals surface area contributed by atoms with Crippen LogP contribution in [-0.2, 0) is 21.5 Å². The molecule has 3 atom stereocenters. The zero-order chi connectivity index (χ0) is 27.4. The minimum Gasteiger partial charge on any atom is -0.391 e. The number of carbonyl (C=O) groups is 2. The van der Waals surface area contributed by atoms with Crippen LogP contribution in [-0.4, -0.2) is 50.7 Å². The minimum atomic E-state index is -0.747. The molecule has 1 fully saturated rings. The summed E-state index contributed by atoms with van der Waals surface area (Å²) in [5, 5.41) is 17.6. The number of nitrogens with one attached hydrogen (secondary N) is 1. The third kappa shape index (κ3) is 6.32. The van der Waals surface area contributed by atoms with Gasteiger partial charge in [0.1, 0.15) is 11.8 Å². The fourth-order valence-electron chi connectivity index (χ4n) is 4.77. The number of aromatic nitrogens is 2. The Bertz CT molecular complexity index is 1240. The Morgan fingerprint density at radius 1 is 1.26 bits per heavy atom. The van der Waals surface area contributed by atoms with Crippen LogP contribution in [0.5, 0.6) is 0 Å². The molecule has 0 saturated carbocycles. The molecule has 4 rings (SSSR count). The Morgan fingerprint density at radius 2 is 2.00 bits per heavy atom. The van der Waals surface area contributed by atoms with Gasteiger partial charge in [-0.2, -0.15) is 0 Å². The van der Waals surface area contributed by atoms with Crippen molar-refractivity contribution in [2.45, 2.75) is 90.3 Å². The number of aliphatic hydroxyl groups excluding tert-OH is 1. The second kappa shape index (κ2) is 11.8. The third-order valence-electron chi connectivity index (χ3n) is 7.08. The van der Waals surface area contributed by atoms with Crippen LogP contribution in [0.1, 0.15) is 82.0 Å². The summed E-state index contributed by atoms with van der Waals surface area (Å²) in [6, 6.07) is 9.15. The highest BCUT2D eigenvalue weighted by Gasteiger charge is 2.42. The van der Waals surface area contributed by atoms with Gasteiger partial charge in [-0.25, -0.2) is 4.98 Å². The number of likely N-dealkylation sites (tertiary alicyclic amines) is 1. The topological polar surface area (TPSA) is 109 Å². The third-order valence-corrected chi connectivity index (χ3v) is 8.06. The standard InChI is InChI=1S/C29H38N4O4S/c1-6-7-8-22(24-14-25(32-37-24)29(3,4)5)28(36)33-16-21(34)13-23(33)27(35)30-15-19-9-11-20(12-10-19)26-18(2)31-17-38-26/h9-12,14,17,21-23,34H,6-8,13,15-16H2,1-5H3,(H,30,35). The number of thiazole rings is 1. The Kier molecular flexibility index (Phi) is 8.67. The minimum absolute atomic E-state index is 0.128. The van der Waals surface area contributed by atoms with Gasteiger partial charge in [0.05, 0.1) is 33.8 Å². The lowest BCUT2D eigenvalue weighted by Crippen LogP contribution is -2.47. The van der Waals surface area contributed by atoms with Gasteiger partial charge in [0.15, 0.2) is 0 Å². The predicted molar refractivity (Wildman–Crippen MR) is 148 cm³/mol. The smallest absolute Gasteiger partial charge is 0.243 e. The zero-order valence-corrected chi connectivity index (χ0v) is 23.7. The number of unbranched alkanes of at least 4 members (excludes halogenated alkanes) is 1. The van der Waals surface area contributed by atoms with Crippen molar-refractivity contribution in [2.75, 3.05) is 6.54 Å². The molecule has 1 aliphatic rings. The SMILES string of the molecule is CCCCC(C(=O)N1CC(O)CC1C(=O)NCc1ccc(-c2scnc2C)cc1)c1cc(C(C)(C)C)no1. The van der Waals surface area contributed by atoms with E-state index in [0.29, 0.717) is 18.7 Å². The van der Waals surface area contributed by atoms with E-state index in [1.807, 2.05) is 63.5 Å². The maximum atomic E-state index is 13.8. The van der Waals surface area contributed by atoms with Gasteiger partial charge in [-0.1, -0.05) is 70.0 Å². The van der Waals surface area contributed by atoms with Crippen LogP contribution in [0.2, 0.25) is 0 Å². The molecule has 2 amide bonds. The van der Waals surface area contributed by atoms with Gasteiger partial charge in [0.2, 0.25) is 11.8 Å². The molecule has 1 aromatic carbocycles. The molecule has 1 aliphatic heterocycles. The highest BCUT2D eigenvalue weighted by Crippen LogP contribution is 2.32. The van der Waals surface area contributed by atoms with Crippen molar-refractivity contribution in [1.82, 2.24) is 20.4 Å². The van der Waals surface area contributed by atoms with E-state index in [1.54, 1.807) is 11.3 Å². The molecular weight excluding hydrogens is 500 g/mol. The maximum Gasteiger partial charge on any atom is 0.243 e. The Balaban J connectivity index is 1.45. The number of hydrogen-bond acceptors (Lipinski definition) is 7. The number of aliphatic hydroxyl groups is 1. The van der Waals surface area contributed by atoms with E-state index in [1.165, 1.54) is 4.90 Å². The van der Waals surface area contributed by atoms with Gasteiger partial charge in [0, 0.05) is 31.0 Å². The monoisotopic (exact) mass is 538 g/mol. The Morgan fingerprint density at radius 3 is 2.61 bits per heavy atom. The summed E-state index contributed by atoms with van der Waals surface area (Å²) in [5.74, 6) is -0.484. The molecular formula is C29H38N4O4S. The number of carbonyl (C=O) groups excluding carboxylic acids is 2. The average molecular weight is 539 g/mol. The van der Waals surface area contributed by atoms with Crippen molar-refractivity contribution in [1.29, 1.82) is 0 Å². The van der Waals surface area contributed by atoms with Crippen LogP contribution in [0.3, 0.4) is 0 Å². The van der Waals surface area contributed by atoms with Crippen LogP contribution in [0.15, 0.2) is 40.4 Å². The van der Waals surface area contributed by atoms with E-state index >= 15 is 0 Å². The van der Waals surface area contributed by atoms with E-state index in [4.69, 9.17) is 4.52 Å². The highest BCUT2D eigenvalue weighted by atomic mass is 32.1. The van der Waals surface area contributed by atoms with Crippen LogP contribution >= 0.6 is 11.3 Å². The molecule has 8 nitrogen and oxygen atoms in total. The second-order valence-corrected chi connectivity index (χ2v) is 12.0. The van der Waals surface area contributed by atoms with Crippen molar-refractivity contribution in [3.8, 4) is 10.4 Å². The summed E-state index contributed by atoms with van der Waals surface area (Å²) in [5.41, 5.74) is 5.46. The van der Waals surface area contributed by atoms with E-state index in [-0.39, 0.29) is 30.2 Å². The van der Waals surface area contributed by atoms with E-state index in [0.717, 1.165) is 40.2 Å². The van der Waals surface area contributed by atoms with E-state index < -0.39 is 18.1 Å². The molecule has 3 heterocycles. The number of nitrogens with zero attached hydrogens (tertiary/aromatic N) is 3. The quantitative estimate of drug-likeness (QED) is 0.399. The number of amides is 2. The first kappa shape index (κ1) is 28.0. The largest absolute Gasteiger partial charge is 0.391 e. The molecule has 2 N–H and O–H groups in total. The first-order chi connectivity index (χ1) is 18.1. The first-order valence-corrected chi connectivity index (χ1v) is 14.2. The van der Waals surface area contributed by atoms with Crippen LogP contribution in [0, 0.1) is 6.92 Å². The number of aryl methyl sites for hydroxylation is 1. The van der Waals surface area contributed by atoms with Crippen molar-refractivity contribution >= 4 is 23.2 Å². The normalized spacial score (nSPS) is 18.5. The fraction of sp³-hybridized carbons (Fsp3) is 0.517. The van der Waals surface area contributed by atoms with Crippen molar-refractivity contribution < 1.29 is 19.2 Å². The van der Waals surface area contributed by atoms with Gasteiger partial charge in [-0.3, -0.25) is 9.59 Å². The summed E-state index contributed by atoms with van der Waals surface area (Å²) >= 11 is 1.60. The number of β-amino-alcohol motifs (C(OH)–C–C–N with tert-alkyl or cyclic N) is 1. The van der Waals surface area contributed by atoms with Crippen LogP contribution < -0.4 is 5.32 Å².